The quantitative estimate of drug-likeness (QED) is 0.694. The van der Waals surface area contributed by atoms with E-state index in [2.05, 4.69) is 26.2 Å². The number of oxazole rings is 1. The molecular formula is C19H17BrN2O2. The zero-order chi connectivity index (χ0) is 16.7. The molecule has 122 valence electrons. The average Bonchev–Trinajstić information content (AvgIpc) is 2.87. The van der Waals surface area contributed by atoms with Gasteiger partial charge in [-0.3, -0.25) is 4.79 Å². The summed E-state index contributed by atoms with van der Waals surface area (Å²) in [4.78, 5) is 17.3. The second-order valence-corrected chi connectivity index (χ2v) is 7.23. The van der Waals surface area contributed by atoms with Crippen molar-refractivity contribution in [1.82, 2.24) is 4.98 Å². The van der Waals surface area contributed by atoms with Crippen LogP contribution in [0.5, 0.6) is 0 Å². The van der Waals surface area contributed by atoms with E-state index in [9.17, 15) is 4.79 Å². The van der Waals surface area contributed by atoms with Crippen LogP contribution in [0, 0.1) is 6.92 Å². The fraction of sp³-hybridized carbons (Fsp3) is 0.263. The van der Waals surface area contributed by atoms with Crippen LogP contribution in [-0.2, 0) is 10.2 Å². The first-order valence-corrected chi connectivity index (χ1v) is 8.81. The normalized spacial score (nSPS) is 15.9. The van der Waals surface area contributed by atoms with E-state index in [4.69, 9.17) is 4.42 Å². The molecule has 1 amide bonds. The highest BCUT2D eigenvalue weighted by molar-refractivity contribution is 9.10. The van der Waals surface area contributed by atoms with Crippen molar-refractivity contribution in [3.05, 3.63) is 58.4 Å². The maximum absolute atomic E-state index is 13.0. The van der Waals surface area contributed by atoms with E-state index in [0.29, 0.717) is 5.89 Å². The molecular weight excluding hydrogens is 368 g/mol. The number of hydrogen-bond acceptors (Lipinski definition) is 3. The number of halogens is 1. The summed E-state index contributed by atoms with van der Waals surface area (Å²) in [7, 11) is 0. The Labute approximate surface area is 148 Å². The van der Waals surface area contributed by atoms with E-state index >= 15 is 0 Å². The van der Waals surface area contributed by atoms with Crippen LogP contribution in [0.15, 0.2) is 51.4 Å². The Hall–Kier alpha value is -2.14. The summed E-state index contributed by atoms with van der Waals surface area (Å²) in [6, 6.07) is 13.6. The average molecular weight is 385 g/mol. The molecule has 1 N–H and O–H groups in total. The predicted molar refractivity (Wildman–Crippen MR) is 97.0 cm³/mol. The van der Waals surface area contributed by atoms with Gasteiger partial charge in [0, 0.05) is 17.1 Å². The summed E-state index contributed by atoms with van der Waals surface area (Å²) < 4.78 is 6.50. The van der Waals surface area contributed by atoms with E-state index < -0.39 is 5.41 Å². The van der Waals surface area contributed by atoms with Gasteiger partial charge in [-0.15, -0.1) is 0 Å². The van der Waals surface area contributed by atoms with Crippen molar-refractivity contribution in [3.63, 3.8) is 0 Å². The molecule has 0 spiro atoms. The third kappa shape index (κ3) is 2.53. The van der Waals surface area contributed by atoms with Gasteiger partial charge in [0.1, 0.15) is 5.52 Å². The molecule has 0 unspecified atom stereocenters. The largest absolute Gasteiger partial charge is 0.441 e. The van der Waals surface area contributed by atoms with E-state index in [0.717, 1.165) is 46.1 Å². The molecule has 0 bridgehead atoms. The molecule has 4 nitrogen and oxygen atoms in total. The van der Waals surface area contributed by atoms with Crippen molar-refractivity contribution in [2.45, 2.75) is 31.6 Å². The number of amides is 1. The molecule has 1 aromatic heterocycles. The summed E-state index contributed by atoms with van der Waals surface area (Å²) in [6.45, 7) is 1.81. The van der Waals surface area contributed by atoms with Crippen molar-refractivity contribution >= 4 is 38.6 Å². The van der Waals surface area contributed by atoms with Crippen LogP contribution in [0.3, 0.4) is 0 Å². The smallest absolute Gasteiger partial charge is 0.235 e. The molecule has 1 aliphatic rings. The SMILES string of the molecule is Cc1nc2cc(NC(=O)C3(c4ccc(Br)cc4)CCC3)ccc2o1. The van der Waals surface area contributed by atoms with Gasteiger partial charge in [0.2, 0.25) is 5.91 Å². The summed E-state index contributed by atoms with van der Waals surface area (Å²) in [5.41, 5.74) is 2.90. The van der Waals surface area contributed by atoms with E-state index in [-0.39, 0.29) is 5.91 Å². The van der Waals surface area contributed by atoms with Crippen LogP contribution < -0.4 is 5.32 Å². The lowest BCUT2D eigenvalue weighted by molar-refractivity contribution is -0.124. The standard InChI is InChI=1S/C19H17BrN2O2/c1-12-21-16-11-15(7-8-17(16)24-12)22-18(23)19(9-2-10-19)13-3-5-14(20)6-4-13/h3-8,11H,2,9-10H2,1H3,(H,22,23). The molecule has 24 heavy (non-hydrogen) atoms. The molecule has 0 aliphatic heterocycles. The van der Waals surface area contributed by atoms with Crippen LogP contribution in [0.25, 0.3) is 11.1 Å². The first-order chi connectivity index (χ1) is 11.6. The predicted octanol–water partition coefficient (Wildman–Crippen LogP) is 4.96. The van der Waals surface area contributed by atoms with Crippen molar-refractivity contribution in [1.29, 1.82) is 0 Å². The van der Waals surface area contributed by atoms with Gasteiger partial charge >= 0.3 is 0 Å². The number of fused-ring (bicyclic) bond motifs is 1. The van der Waals surface area contributed by atoms with Gasteiger partial charge in [-0.25, -0.2) is 4.98 Å². The summed E-state index contributed by atoms with van der Waals surface area (Å²) >= 11 is 3.45. The van der Waals surface area contributed by atoms with Crippen LogP contribution >= 0.6 is 15.9 Å². The van der Waals surface area contributed by atoms with Gasteiger partial charge in [0.25, 0.3) is 0 Å². The third-order valence-corrected chi connectivity index (χ3v) is 5.32. The van der Waals surface area contributed by atoms with Gasteiger partial charge < -0.3 is 9.73 Å². The van der Waals surface area contributed by atoms with E-state index in [1.807, 2.05) is 49.4 Å². The molecule has 0 atom stereocenters. The topological polar surface area (TPSA) is 55.1 Å². The highest BCUT2D eigenvalue weighted by atomic mass is 79.9. The Morgan fingerprint density at radius 1 is 1.21 bits per heavy atom. The van der Waals surface area contributed by atoms with Gasteiger partial charge in [0.15, 0.2) is 11.5 Å². The monoisotopic (exact) mass is 384 g/mol. The number of aromatic nitrogens is 1. The number of aryl methyl sites for hydroxylation is 1. The van der Waals surface area contributed by atoms with Crippen molar-refractivity contribution in [3.8, 4) is 0 Å². The first kappa shape index (κ1) is 15.4. The fourth-order valence-corrected chi connectivity index (χ4v) is 3.58. The Morgan fingerprint density at radius 2 is 1.96 bits per heavy atom. The molecule has 0 saturated heterocycles. The Morgan fingerprint density at radius 3 is 2.62 bits per heavy atom. The molecule has 4 rings (SSSR count). The number of hydrogen-bond donors (Lipinski definition) is 1. The summed E-state index contributed by atoms with van der Waals surface area (Å²) in [5.74, 6) is 0.675. The molecule has 5 heteroatoms. The van der Waals surface area contributed by atoms with E-state index in [1.165, 1.54) is 0 Å². The van der Waals surface area contributed by atoms with Crippen LogP contribution in [0.1, 0.15) is 30.7 Å². The van der Waals surface area contributed by atoms with Crippen LogP contribution in [-0.4, -0.2) is 10.9 Å². The molecule has 2 aromatic carbocycles. The van der Waals surface area contributed by atoms with Gasteiger partial charge in [-0.2, -0.15) is 0 Å². The minimum Gasteiger partial charge on any atom is -0.441 e. The van der Waals surface area contributed by atoms with Crippen molar-refractivity contribution < 1.29 is 9.21 Å². The molecule has 1 fully saturated rings. The summed E-state index contributed by atoms with van der Waals surface area (Å²) in [6.07, 6.45) is 2.84. The van der Waals surface area contributed by atoms with Gasteiger partial charge in [-0.05, 0) is 48.7 Å². The zero-order valence-electron chi connectivity index (χ0n) is 13.3. The van der Waals surface area contributed by atoms with Crippen LogP contribution in [0.2, 0.25) is 0 Å². The number of rotatable bonds is 3. The summed E-state index contributed by atoms with van der Waals surface area (Å²) in [5, 5.41) is 3.07. The van der Waals surface area contributed by atoms with Crippen LogP contribution in [0.4, 0.5) is 5.69 Å². The number of nitrogens with zero attached hydrogens (tertiary/aromatic N) is 1. The number of carbonyl (C=O) groups is 1. The Kier molecular flexibility index (Phi) is 3.68. The van der Waals surface area contributed by atoms with E-state index in [1.54, 1.807) is 0 Å². The first-order valence-electron chi connectivity index (χ1n) is 8.02. The lowest BCUT2D eigenvalue weighted by Gasteiger charge is -2.40. The maximum atomic E-state index is 13.0. The minimum absolute atomic E-state index is 0.0515. The second kappa shape index (κ2) is 5.74. The molecule has 3 aromatic rings. The second-order valence-electron chi connectivity index (χ2n) is 6.31. The third-order valence-electron chi connectivity index (χ3n) is 4.79. The molecule has 0 radical (unpaired) electrons. The number of benzene rings is 2. The Bertz CT molecular complexity index is 911. The Balaban J connectivity index is 1.62. The number of carbonyl (C=O) groups excluding carboxylic acids is 1. The van der Waals surface area contributed by atoms with Gasteiger partial charge in [0.05, 0.1) is 5.41 Å². The molecule has 1 saturated carbocycles. The number of anilines is 1. The minimum atomic E-state index is -0.421. The highest BCUT2D eigenvalue weighted by Gasteiger charge is 2.45. The van der Waals surface area contributed by atoms with Crippen molar-refractivity contribution in [2.75, 3.05) is 5.32 Å². The maximum Gasteiger partial charge on any atom is 0.235 e. The molecule has 1 heterocycles. The van der Waals surface area contributed by atoms with Crippen molar-refractivity contribution in [2.24, 2.45) is 0 Å². The number of nitrogens with one attached hydrogen (secondary N) is 1. The highest BCUT2D eigenvalue weighted by Crippen LogP contribution is 2.45. The molecule has 1 aliphatic carbocycles. The zero-order valence-corrected chi connectivity index (χ0v) is 14.9. The fourth-order valence-electron chi connectivity index (χ4n) is 3.32. The lowest BCUT2D eigenvalue weighted by atomic mass is 9.64. The van der Waals surface area contributed by atoms with Gasteiger partial charge in [-0.1, -0.05) is 34.5 Å². The lowest BCUT2D eigenvalue weighted by Crippen LogP contribution is -2.45.